The third-order valence-electron chi connectivity index (χ3n) is 3.23. The quantitative estimate of drug-likeness (QED) is 0.662. The van der Waals surface area contributed by atoms with Gasteiger partial charge in [0.05, 0.1) is 17.5 Å². The second-order valence-corrected chi connectivity index (χ2v) is 5.10. The summed E-state index contributed by atoms with van der Waals surface area (Å²) in [6.07, 6.45) is -2.29. The Morgan fingerprint density at radius 3 is 2.25 bits per heavy atom. The van der Waals surface area contributed by atoms with E-state index >= 15 is 0 Å². The average Bonchev–Trinajstić information content (AvgIpc) is 2.89. The van der Waals surface area contributed by atoms with Crippen LogP contribution in [-0.4, -0.2) is 21.0 Å². The van der Waals surface area contributed by atoms with Gasteiger partial charge in [-0.3, -0.25) is 0 Å². The van der Waals surface area contributed by atoms with Gasteiger partial charge < -0.3 is 4.74 Å². The van der Waals surface area contributed by atoms with Gasteiger partial charge in [-0.2, -0.15) is 5.10 Å². The molecule has 0 aliphatic rings. The fourth-order valence-corrected chi connectivity index (χ4v) is 2.17. The van der Waals surface area contributed by atoms with Crippen molar-refractivity contribution in [3.05, 3.63) is 48.3 Å². The fourth-order valence-electron chi connectivity index (χ4n) is 2.17. The minimum atomic E-state index is -4.78. The Bertz CT molecular complexity index is 865. The van der Waals surface area contributed by atoms with Crippen molar-refractivity contribution in [2.24, 2.45) is 0 Å². The lowest BCUT2D eigenvalue weighted by Crippen LogP contribution is -2.16. The highest BCUT2D eigenvalue weighted by atomic mass is 19.4. The molecule has 9 heteroatoms. The maximum atomic E-state index is 13.5. The SMILES string of the molecule is CC(F)(F)c1cnn2ccc(-c3ccc(OC(F)(F)F)cc3)nc12. The molecule has 0 saturated carbocycles. The van der Waals surface area contributed by atoms with E-state index in [1.807, 2.05) is 0 Å². The molecule has 0 atom stereocenters. The Morgan fingerprint density at radius 1 is 1.00 bits per heavy atom. The molecule has 0 fully saturated rings. The number of ether oxygens (including phenoxy) is 1. The van der Waals surface area contributed by atoms with E-state index in [1.54, 1.807) is 0 Å². The number of rotatable bonds is 3. The second kappa shape index (κ2) is 5.43. The third-order valence-corrected chi connectivity index (χ3v) is 3.23. The monoisotopic (exact) mass is 343 g/mol. The van der Waals surface area contributed by atoms with Crippen LogP contribution >= 0.6 is 0 Å². The Morgan fingerprint density at radius 2 is 1.67 bits per heavy atom. The summed E-state index contributed by atoms with van der Waals surface area (Å²) in [6, 6.07) is 6.50. The van der Waals surface area contributed by atoms with Crippen molar-refractivity contribution < 1.29 is 26.7 Å². The van der Waals surface area contributed by atoms with Crippen molar-refractivity contribution >= 4 is 5.65 Å². The highest BCUT2D eigenvalue weighted by Crippen LogP contribution is 2.31. The van der Waals surface area contributed by atoms with Gasteiger partial charge in [0.15, 0.2) is 5.65 Å². The first-order chi connectivity index (χ1) is 11.1. The molecule has 1 aromatic carbocycles. The predicted molar refractivity (Wildman–Crippen MR) is 74.7 cm³/mol. The zero-order valence-corrected chi connectivity index (χ0v) is 12.2. The van der Waals surface area contributed by atoms with Crippen LogP contribution in [0.2, 0.25) is 0 Å². The van der Waals surface area contributed by atoms with Crippen molar-refractivity contribution in [1.29, 1.82) is 0 Å². The molecule has 0 amide bonds. The lowest BCUT2D eigenvalue weighted by molar-refractivity contribution is -0.274. The zero-order chi connectivity index (χ0) is 17.5. The first-order valence-corrected chi connectivity index (χ1v) is 6.72. The topological polar surface area (TPSA) is 39.4 Å². The fraction of sp³-hybridized carbons (Fsp3) is 0.200. The Kier molecular flexibility index (Phi) is 3.66. The molecule has 4 nitrogen and oxygen atoms in total. The number of halogens is 5. The lowest BCUT2D eigenvalue weighted by Gasteiger charge is -2.10. The van der Waals surface area contributed by atoms with Crippen LogP contribution in [0.25, 0.3) is 16.9 Å². The molecule has 0 N–H and O–H groups in total. The average molecular weight is 343 g/mol. The molecule has 0 aliphatic heterocycles. The van der Waals surface area contributed by atoms with Gasteiger partial charge in [-0.1, -0.05) is 0 Å². The number of fused-ring (bicyclic) bond motifs is 1. The Hall–Kier alpha value is -2.71. The number of nitrogens with zero attached hydrogens (tertiary/aromatic N) is 3. The van der Waals surface area contributed by atoms with Gasteiger partial charge in [0.1, 0.15) is 5.75 Å². The third kappa shape index (κ3) is 3.29. The highest BCUT2D eigenvalue weighted by molar-refractivity contribution is 5.63. The van der Waals surface area contributed by atoms with E-state index in [9.17, 15) is 22.0 Å². The molecule has 0 spiro atoms. The first kappa shape index (κ1) is 16.2. The van der Waals surface area contributed by atoms with E-state index in [1.165, 1.54) is 28.9 Å². The molecule has 3 rings (SSSR count). The van der Waals surface area contributed by atoms with Crippen molar-refractivity contribution in [3.8, 4) is 17.0 Å². The van der Waals surface area contributed by atoms with E-state index in [4.69, 9.17) is 0 Å². The van der Waals surface area contributed by atoms with Gasteiger partial charge >= 0.3 is 6.36 Å². The van der Waals surface area contributed by atoms with Crippen LogP contribution < -0.4 is 4.74 Å². The van der Waals surface area contributed by atoms with Crippen LogP contribution in [0.1, 0.15) is 12.5 Å². The lowest BCUT2D eigenvalue weighted by atomic mass is 10.1. The van der Waals surface area contributed by atoms with Crippen molar-refractivity contribution in [2.45, 2.75) is 19.2 Å². The van der Waals surface area contributed by atoms with Crippen LogP contribution in [0, 0.1) is 0 Å². The van der Waals surface area contributed by atoms with Crippen LogP contribution in [-0.2, 0) is 5.92 Å². The van der Waals surface area contributed by atoms with Crippen LogP contribution in [0.3, 0.4) is 0 Å². The van der Waals surface area contributed by atoms with Gasteiger partial charge in [0.25, 0.3) is 5.92 Å². The van der Waals surface area contributed by atoms with E-state index in [0.717, 1.165) is 25.3 Å². The largest absolute Gasteiger partial charge is 0.573 e. The maximum absolute atomic E-state index is 13.5. The minimum Gasteiger partial charge on any atom is -0.406 e. The molecule has 2 aromatic heterocycles. The molecule has 0 bridgehead atoms. The summed E-state index contributed by atoms with van der Waals surface area (Å²) >= 11 is 0. The predicted octanol–water partition coefficient (Wildman–Crippen LogP) is 4.41. The number of hydrogen-bond donors (Lipinski definition) is 0. The van der Waals surface area contributed by atoms with E-state index in [-0.39, 0.29) is 17.0 Å². The van der Waals surface area contributed by atoms with E-state index in [0.29, 0.717) is 11.3 Å². The standard InChI is InChI=1S/C15H10F5N3O/c1-14(16,17)11-8-21-23-7-6-12(22-13(11)23)9-2-4-10(5-3-9)24-15(18,19)20/h2-8H,1H3. The minimum absolute atomic E-state index is 0.0179. The summed E-state index contributed by atoms with van der Waals surface area (Å²) in [7, 11) is 0. The molecule has 2 heterocycles. The summed E-state index contributed by atoms with van der Waals surface area (Å²) in [5, 5.41) is 3.80. The number of alkyl halides is 5. The van der Waals surface area contributed by atoms with E-state index in [2.05, 4.69) is 14.8 Å². The molecular formula is C15H10F5N3O. The van der Waals surface area contributed by atoms with Gasteiger partial charge in [-0.05, 0) is 30.3 Å². The molecule has 3 aromatic rings. The van der Waals surface area contributed by atoms with Gasteiger partial charge in [-0.25, -0.2) is 18.3 Å². The summed E-state index contributed by atoms with van der Waals surface area (Å²) in [5.74, 6) is -3.49. The van der Waals surface area contributed by atoms with Gasteiger partial charge in [-0.15, -0.1) is 13.2 Å². The summed E-state index contributed by atoms with van der Waals surface area (Å²) in [4.78, 5) is 4.13. The van der Waals surface area contributed by atoms with Crippen LogP contribution in [0.4, 0.5) is 22.0 Å². The molecular weight excluding hydrogens is 333 g/mol. The number of hydrogen-bond acceptors (Lipinski definition) is 3. The molecule has 24 heavy (non-hydrogen) atoms. The second-order valence-electron chi connectivity index (χ2n) is 5.10. The first-order valence-electron chi connectivity index (χ1n) is 6.72. The van der Waals surface area contributed by atoms with Gasteiger partial charge in [0, 0.05) is 18.7 Å². The number of benzene rings is 1. The Balaban J connectivity index is 1.97. The van der Waals surface area contributed by atoms with Crippen molar-refractivity contribution in [2.75, 3.05) is 0 Å². The van der Waals surface area contributed by atoms with Crippen molar-refractivity contribution in [1.82, 2.24) is 14.6 Å². The zero-order valence-electron chi connectivity index (χ0n) is 12.2. The normalized spacial score (nSPS) is 12.6. The van der Waals surface area contributed by atoms with Gasteiger partial charge in [0.2, 0.25) is 0 Å². The summed E-state index contributed by atoms with van der Waals surface area (Å²) in [6.45, 7) is 0.738. The summed E-state index contributed by atoms with van der Waals surface area (Å²) in [5.41, 5.74) is 0.433. The number of aromatic nitrogens is 3. The molecule has 0 unspecified atom stereocenters. The smallest absolute Gasteiger partial charge is 0.406 e. The van der Waals surface area contributed by atoms with Crippen molar-refractivity contribution in [3.63, 3.8) is 0 Å². The maximum Gasteiger partial charge on any atom is 0.573 e. The van der Waals surface area contributed by atoms with Crippen LogP contribution in [0.15, 0.2) is 42.7 Å². The van der Waals surface area contributed by atoms with E-state index < -0.39 is 12.3 Å². The highest BCUT2D eigenvalue weighted by Gasteiger charge is 2.31. The summed E-state index contributed by atoms with van der Waals surface area (Å²) < 4.78 is 68.5. The molecule has 0 radical (unpaired) electrons. The van der Waals surface area contributed by atoms with Crippen LogP contribution in [0.5, 0.6) is 5.75 Å². The Labute approximate surface area is 132 Å². The molecule has 0 aliphatic carbocycles. The molecule has 126 valence electrons. The molecule has 0 saturated heterocycles.